The van der Waals surface area contributed by atoms with Gasteiger partial charge in [-0.25, -0.2) is 8.78 Å². The Kier molecular flexibility index (Phi) is 7.34. The van der Waals surface area contributed by atoms with Crippen molar-refractivity contribution in [3.05, 3.63) is 69.7 Å². The lowest BCUT2D eigenvalue weighted by atomic mass is 9.89. The second kappa shape index (κ2) is 9.60. The number of carbonyl (C=O) groups excluding carboxylic acids is 1. The molecule has 4 nitrogen and oxygen atoms in total. The first-order chi connectivity index (χ1) is 14.2. The highest BCUT2D eigenvalue weighted by Crippen LogP contribution is 2.44. The zero-order valence-corrected chi connectivity index (χ0v) is 18.1. The van der Waals surface area contributed by atoms with Crippen molar-refractivity contribution in [1.29, 1.82) is 0 Å². The number of nitrogens with one attached hydrogen (secondary N) is 1. The van der Waals surface area contributed by atoms with Gasteiger partial charge in [-0.05, 0) is 17.7 Å². The SMILES string of the molecule is CC(=O)N[C@@H](c1ccccc1)C(c1ccc(Cl)c(Cl)c1)[N+]1(CC(F)F)CC[C@H](O)C1. The predicted octanol–water partition coefficient (Wildman–Crippen LogP) is 4.76. The van der Waals surface area contributed by atoms with E-state index in [1.165, 1.54) is 6.92 Å². The summed E-state index contributed by atoms with van der Waals surface area (Å²) in [5.41, 5.74) is 1.47. The number of likely N-dealkylation sites (tertiary alicyclic amines) is 1. The van der Waals surface area contributed by atoms with Gasteiger partial charge in [-0.1, -0.05) is 59.6 Å². The molecule has 2 aromatic carbocycles. The molecule has 30 heavy (non-hydrogen) atoms. The van der Waals surface area contributed by atoms with Gasteiger partial charge in [0.15, 0.2) is 0 Å². The van der Waals surface area contributed by atoms with Crippen molar-refractivity contribution in [1.82, 2.24) is 5.32 Å². The summed E-state index contributed by atoms with van der Waals surface area (Å²) in [5.74, 6) is -0.274. The maximum Gasteiger partial charge on any atom is 0.286 e. The minimum Gasteiger partial charge on any atom is -0.387 e. The Morgan fingerprint density at radius 3 is 2.40 bits per heavy atom. The highest BCUT2D eigenvalue weighted by Gasteiger charge is 2.50. The first-order valence-corrected chi connectivity index (χ1v) is 10.6. The van der Waals surface area contributed by atoms with Crippen molar-refractivity contribution in [2.75, 3.05) is 19.6 Å². The molecule has 1 saturated heterocycles. The lowest BCUT2D eigenvalue weighted by Gasteiger charge is -2.45. The number of carbonyl (C=O) groups is 1. The van der Waals surface area contributed by atoms with Crippen LogP contribution in [0.4, 0.5) is 8.78 Å². The van der Waals surface area contributed by atoms with E-state index in [0.29, 0.717) is 28.6 Å². The van der Waals surface area contributed by atoms with E-state index in [0.717, 1.165) is 5.56 Å². The molecule has 0 bridgehead atoms. The molecular weight excluding hydrogens is 433 g/mol. The molecule has 2 unspecified atom stereocenters. The molecule has 1 heterocycles. The third-order valence-corrected chi connectivity index (χ3v) is 6.43. The van der Waals surface area contributed by atoms with E-state index in [-0.39, 0.29) is 16.9 Å². The lowest BCUT2D eigenvalue weighted by molar-refractivity contribution is -0.953. The summed E-state index contributed by atoms with van der Waals surface area (Å²) in [4.78, 5) is 12.1. The lowest BCUT2D eigenvalue weighted by Crippen LogP contribution is -2.56. The summed E-state index contributed by atoms with van der Waals surface area (Å²) in [6.45, 7) is 1.49. The molecule has 2 aromatic rings. The topological polar surface area (TPSA) is 49.3 Å². The molecule has 0 aromatic heterocycles. The fraction of sp³-hybridized carbons (Fsp3) is 0.409. The minimum atomic E-state index is -2.57. The molecule has 1 amide bonds. The summed E-state index contributed by atoms with van der Waals surface area (Å²) >= 11 is 12.4. The summed E-state index contributed by atoms with van der Waals surface area (Å²) in [6, 6.07) is 13.1. The maximum absolute atomic E-state index is 13.8. The van der Waals surface area contributed by atoms with Crippen molar-refractivity contribution >= 4 is 29.1 Å². The first-order valence-electron chi connectivity index (χ1n) is 9.81. The number of aliphatic hydroxyl groups is 1. The van der Waals surface area contributed by atoms with Crippen LogP contribution >= 0.6 is 23.2 Å². The van der Waals surface area contributed by atoms with Crippen LogP contribution in [0.3, 0.4) is 0 Å². The van der Waals surface area contributed by atoms with Crippen molar-refractivity contribution in [3.63, 3.8) is 0 Å². The Bertz CT molecular complexity index is 885. The third-order valence-electron chi connectivity index (χ3n) is 5.69. The van der Waals surface area contributed by atoms with Crippen LogP contribution in [0.15, 0.2) is 48.5 Å². The highest BCUT2D eigenvalue weighted by atomic mass is 35.5. The van der Waals surface area contributed by atoms with Gasteiger partial charge in [-0.15, -0.1) is 0 Å². The quantitative estimate of drug-likeness (QED) is 0.588. The van der Waals surface area contributed by atoms with E-state index >= 15 is 0 Å². The molecule has 4 atom stereocenters. The number of nitrogens with zero attached hydrogens (tertiary/aromatic N) is 1. The summed E-state index contributed by atoms with van der Waals surface area (Å²) in [7, 11) is 0. The van der Waals surface area contributed by atoms with Crippen LogP contribution in [0.1, 0.15) is 36.6 Å². The molecule has 1 aliphatic rings. The summed E-state index contributed by atoms with van der Waals surface area (Å²) in [6.07, 6.45) is -2.86. The van der Waals surface area contributed by atoms with Gasteiger partial charge < -0.3 is 14.9 Å². The zero-order chi connectivity index (χ0) is 21.9. The standard InChI is InChI=1S/C22H24Cl2F2N2O2/c1-14(29)27-21(15-5-3-2-4-6-15)22(16-7-8-18(23)19(24)11-16)28(13-20(25)26)10-9-17(30)12-28/h2-8,11,17,20-22,30H,9-10,12-13H2,1H3/p+1/t17-,21-,22?,28?/m0/s1. The van der Waals surface area contributed by atoms with Crippen LogP contribution in [0, 0.1) is 0 Å². The molecule has 1 aliphatic heterocycles. The van der Waals surface area contributed by atoms with Crippen LogP contribution < -0.4 is 5.32 Å². The van der Waals surface area contributed by atoms with E-state index in [1.54, 1.807) is 18.2 Å². The van der Waals surface area contributed by atoms with Gasteiger partial charge in [0.05, 0.1) is 16.6 Å². The van der Waals surface area contributed by atoms with Crippen molar-refractivity contribution in [2.45, 2.75) is 38.0 Å². The number of benzene rings is 2. The normalized spacial score (nSPS) is 23.4. The van der Waals surface area contributed by atoms with Gasteiger partial charge in [-0.3, -0.25) is 4.79 Å². The Labute approximate surface area is 185 Å². The van der Waals surface area contributed by atoms with Crippen LogP contribution in [0.5, 0.6) is 0 Å². The summed E-state index contributed by atoms with van der Waals surface area (Å²) in [5, 5.41) is 13.9. The minimum absolute atomic E-state index is 0.0589. The molecule has 1 fully saturated rings. The fourth-order valence-corrected chi connectivity index (χ4v) is 4.87. The number of alkyl halides is 2. The van der Waals surface area contributed by atoms with Gasteiger partial charge in [0.25, 0.3) is 6.43 Å². The molecule has 0 radical (unpaired) electrons. The van der Waals surface area contributed by atoms with Gasteiger partial charge in [0.2, 0.25) is 5.91 Å². The largest absolute Gasteiger partial charge is 0.387 e. The average Bonchev–Trinajstić information content (AvgIpc) is 3.04. The van der Waals surface area contributed by atoms with Crippen LogP contribution in [0.25, 0.3) is 0 Å². The number of halogens is 4. The first kappa shape index (κ1) is 22.9. The fourth-order valence-electron chi connectivity index (χ4n) is 4.56. The number of rotatable bonds is 7. The van der Waals surface area contributed by atoms with Crippen molar-refractivity contribution in [3.8, 4) is 0 Å². The van der Waals surface area contributed by atoms with E-state index in [1.807, 2.05) is 30.3 Å². The molecular formula is C22H25Cl2F2N2O2+. The number of hydrogen-bond donors (Lipinski definition) is 2. The number of amides is 1. The maximum atomic E-state index is 13.8. The van der Waals surface area contributed by atoms with Gasteiger partial charge in [0.1, 0.15) is 31.3 Å². The highest BCUT2D eigenvalue weighted by molar-refractivity contribution is 6.42. The van der Waals surface area contributed by atoms with Crippen molar-refractivity contribution in [2.24, 2.45) is 0 Å². The molecule has 8 heteroatoms. The van der Waals surface area contributed by atoms with Gasteiger partial charge in [0, 0.05) is 18.9 Å². The van der Waals surface area contributed by atoms with Crippen LogP contribution in [-0.4, -0.2) is 47.7 Å². The Hall–Kier alpha value is -1.73. The van der Waals surface area contributed by atoms with E-state index < -0.39 is 31.2 Å². The molecule has 3 rings (SSSR count). The monoisotopic (exact) mass is 457 g/mol. The van der Waals surface area contributed by atoms with Crippen LogP contribution in [-0.2, 0) is 4.79 Å². The molecule has 162 valence electrons. The van der Waals surface area contributed by atoms with Gasteiger partial charge >= 0.3 is 0 Å². The molecule has 2 N–H and O–H groups in total. The number of aliphatic hydroxyl groups excluding tert-OH is 1. The molecule has 0 saturated carbocycles. The summed E-state index contributed by atoms with van der Waals surface area (Å²) < 4.78 is 27.5. The second-order valence-corrected chi connectivity index (χ2v) is 8.66. The second-order valence-electron chi connectivity index (χ2n) is 7.85. The van der Waals surface area contributed by atoms with E-state index in [9.17, 15) is 18.7 Å². The van der Waals surface area contributed by atoms with E-state index in [2.05, 4.69) is 5.32 Å². The smallest absolute Gasteiger partial charge is 0.286 e. The zero-order valence-electron chi connectivity index (χ0n) is 16.6. The number of quaternary nitrogens is 1. The van der Waals surface area contributed by atoms with Crippen molar-refractivity contribution < 1.29 is 23.2 Å². The van der Waals surface area contributed by atoms with Gasteiger partial charge in [-0.2, -0.15) is 0 Å². The van der Waals surface area contributed by atoms with Crippen LogP contribution in [0.2, 0.25) is 10.0 Å². The Balaban J connectivity index is 2.21. The average molecular weight is 458 g/mol. The molecule has 0 spiro atoms. The predicted molar refractivity (Wildman–Crippen MR) is 114 cm³/mol. The molecule has 0 aliphatic carbocycles. The van der Waals surface area contributed by atoms with E-state index in [4.69, 9.17) is 23.2 Å². The Morgan fingerprint density at radius 2 is 1.87 bits per heavy atom. The third kappa shape index (κ3) is 5.11. The Morgan fingerprint density at radius 1 is 1.17 bits per heavy atom. The number of hydrogen-bond acceptors (Lipinski definition) is 2.